The van der Waals surface area contributed by atoms with Crippen LogP contribution in [0.2, 0.25) is 0 Å². The molecule has 106 valence electrons. The highest BCUT2D eigenvalue weighted by Gasteiger charge is 2.39. The van der Waals surface area contributed by atoms with Crippen molar-refractivity contribution in [3.63, 3.8) is 0 Å². The third-order valence-electron chi connectivity index (χ3n) is 3.27. The van der Waals surface area contributed by atoms with Gasteiger partial charge in [-0.3, -0.25) is 9.59 Å². The molecule has 0 spiro atoms. The number of carboxylic acid groups (broad SMARTS) is 1. The number of carboxylic acids is 1. The first-order valence-corrected chi connectivity index (χ1v) is 6.65. The maximum atomic E-state index is 12.1. The highest BCUT2D eigenvalue weighted by molar-refractivity contribution is 5.81. The first kappa shape index (κ1) is 16.9. The summed E-state index contributed by atoms with van der Waals surface area (Å²) in [4.78, 5) is 23.5. The third kappa shape index (κ3) is 4.67. The largest absolute Gasteiger partial charge is 0.481 e. The predicted octanol–water partition coefficient (Wildman–Crippen LogP) is 2.96. The molecule has 0 aliphatic carbocycles. The Morgan fingerprint density at radius 3 is 1.72 bits per heavy atom. The van der Waals surface area contributed by atoms with Crippen LogP contribution in [-0.4, -0.2) is 23.1 Å². The molecule has 4 heteroatoms. The Labute approximate surface area is 110 Å². The standard InChI is InChI=1S/C14H26O4/c1-7-10(6)18-14(17)12(9(4)5)11(8(2)3)13(15)16/h8-12H,7H2,1-6H3,(H,15,16). The first-order chi connectivity index (χ1) is 8.22. The SMILES string of the molecule is CCC(C)OC(=O)C(C(C)C)C(C(=O)O)C(C)C. The molecule has 0 bridgehead atoms. The van der Waals surface area contributed by atoms with Gasteiger partial charge in [0.1, 0.15) is 0 Å². The molecule has 0 saturated heterocycles. The van der Waals surface area contributed by atoms with Crippen molar-refractivity contribution in [1.29, 1.82) is 0 Å². The summed E-state index contributed by atoms with van der Waals surface area (Å²) in [6, 6.07) is 0. The lowest BCUT2D eigenvalue weighted by Gasteiger charge is -2.29. The van der Waals surface area contributed by atoms with E-state index in [4.69, 9.17) is 4.74 Å². The molecule has 3 unspecified atom stereocenters. The van der Waals surface area contributed by atoms with Gasteiger partial charge in [-0.05, 0) is 25.2 Å². The average molecular weight is 258 g/mol. The zero-order valence-electron chi connectivity index (χ0n) is 12.3. The molecule has 0 heterocycles. The lowest BCUT2D eigenvalue weighted by molar-refractivity contribution is -0.165. The fourth-order valence-electron chi connectivity index (χ4n) is 2.05. The van der Waals surface area contributed by atoms with Crippen molar-refractivity contribution in [1.82, 2.24) is 0 Å². The van der Waals surface area contributed by atoms with Crippen LogP contribution in [0.4, 0.5) is 0 Å². The maximum Gasteiger partial charge on any atom is 0.310 e. The Morgan fingerprint density at radius 1 is 1.00 bits per heavy atom. The van der Waals surface area contributed by atoms with Crippen LogP contribution in [0.15, 0.2) is 0 Å². The summed E-state index contributed by atoms with van der Waals surface area (Å²) >= 11 is 0. The number of rotatable bonds is 7. The van der Waals surface area contributed by atoms with Crippen molar-refractivity contribution >= 4 is 11.9 Å². The van der Waals surface area contributed by atoms with Gasteiger partial charge in [0.2, 0.25) is 0 Å². The number of carbonyl (C=O) groups excluding carboxylic acids is 1. The van der Waals surface area contributed by atoms with Crippen molar-refractivity contribution in [3.8, 4) is 0 Å². The molecule has 0 radical (unpaired) electrons. The van der Waals surface area contributed by atoms with Crippen LogP contribution in [0.5, 0.6) is 0 Å². The lowest BCUT2D eigenvalue weighted by Crippen LogP contribution is -2.38. The van der Waals surface area contributed by atoms with Crippen LogP contribution >= 0.6 is 0 Å². The van der Waals surface area contributed by atoms with E-state index in [2.05, 4.69) is 0 Å². The van der Waals surface area contributed by atoms with Gasteiger partial charge >= 0.3 is 11.9 Å². The van der Waals surface area contributed by atoms with E-state index in [9.17, 15) is 14.7 Å². The van der Waals surface area contributed by atoms with E-state index in [-0.39, 0.29) is 23.9 Å². The number of aliphatic carboxylic acids is 1. The molecule has 1 N–H and O–H groups in total. The van der Waals surface area contributed by atoms with E-state index in [1.165, 1.54) is 0 Å². The van der Waals surface area contributed by atoms with Crippen LogP contribution in [0.25, 0.3) is 0 Å². The minimum absolute atomic E-state index is 0.0509. The Hall–Kier alpha value is -1.06. The summed E-state index contributed by atoms with van der Waals surface area (Å²) in [5, 5.41) is 9.30. The number of esters is 1. The second kappa shape index (κ2) is 7.39. The number of carbonyl (C=O) groups is 2. The molecule has 0 aliphatic rings. The van der Waals surface area contributed by atoms with Crippen LogP contribution in [0.1, 0.15) is 48.0 Å². The lowest BCUT2D eigenvalue weighted by atomic mass is 9.77. The highest BCUT2D eigenvalue weighted by Crippen LogP contribution is 2.29. The van der Waals surface area contributed by atoms with Crippen LogP contribution in [0, 0.1) is 23.7 Å². The van der Waals surface area contributed by atoms with E-state index in [1.807, 2.05) is 41.5 Å². The monoisotopic (exact) mass is 258 g/mol. The Kier molecular flexibility index (Phi) is 6.96. The quantitative estimate of drug-likeness (QED) is 0.713. The summed E-state index contributed by atoms with van der Waals surface area (Å²) in [6.45, 7) is 11.1. The van der Waals surface area contributed by atoms with E-state index in [0.29, 0.717) is 0 Å². The molecular formula is C14H26O4. The molecule has 0 aliphatic heterocycles. The molecule has 0 aromatic heterocycles. The Bertz CT molecular complexity index is 284. The molecule has 0 aromatic rings. The van der Waals surface area contributed by atoms with Gasteiger partial charge in [0.05, 0.1) is 17.9 Å². The number of hydrogen-bond donors (Lipinski definition) is 1. The molecule has 3 atom stereocenters. The van der Waals surface area contributed by atoms with Gasteiger partial charge in [-0.25, -0.2) is 0 Å². The summed E-state index contributed by atoms with van der Waals surface area (Å²) in [5.41, 5.74) is 0. The smallest absolute Gasteiger partial charge is 0.310 e. The van der Waals surface area contributed by atoms with E-state index in [0.717, 1.165) is 6.42 Å². The fourth-order valence-corrected chi connectivity index (χ4v) is 2.05. The van der Waals surface area contributed by atoms with Crippen molar-refractivity contribution < 1.29 is 19.4 Å². The molecular weight excluding hydrogens is 232 g/mol. The predicted molar refractivity (Wildman–Crippen MR) is 70.1 cm³/mol. The van der Waals surface area contributed by atoms with Crippen LogP contribution in [-0.2, 0) is 14.3 Å². The highest BCUT2D eigenvalue weighted by atomic mass is 16.5. The zero-order valence-corrected chi connectivity index (χ0v) is 12.3. The van der Waals surface area contributed by atoms with Crippen molar-refractivity contribution in [2.45, 2.75) is 54.1 Å². The molecule has 0 saturated carbocycles. The molecule has 0 amide bonds. The third-order valence-corrected chi connectivity index (χ3v) is 3.27. The summed E-state index contributed by atoms with van der Waals surface area (Å²) in [7, 11) is 0. The van der Waals surface area contributed by atoms with Gasteiger partial charge in [0, 0.05) is 0 Å². The molecule has 0 aromatic carbocycles. The Balaban J connectivity index is 5.04. The molecule has 0 fully saturated rings. The first-order valence-electron chi connectivity index (χ1n) is 6.65. The van der Waals surface area contributed by atoms with Gasteiger partial charge in [-0.15, -0.1) is 0 Å². The van der Waals surface area contributed by atoms with Crippen molar-refractivity contribution in [2.75, 3.05) is 0 Å². The summed E-state index contributed by atoms with van der Waals surface area (Å²) in [5.74, 6) is -2.74. The Morgan fingerprint density at radius 2 is 1.44 bits per heavy atom. The van der Waals surface area contributed by atoms with Gasteiger partial charge in [0.25, 0.3) is 0 Å². The minimum Gasteiger partial charge on any atom is -0.481 e. The van der Waals surface area contributed by atoms with Crippen LogP contribution in [0.3, 0.4) is 0 Å². The molecule has 4 nitrogen and oxygen atoms in total. The van der Waals surface area contributed by atoms with Crippen LogP contribution < -0.4 is 0 Å². The second-order valence-corrected chi connectivity index (χ2v) is 5.53. The van der Waals surface area contributed by atoms with Gasteiger partial charge in [0.15, 0.2) is 0 Å². The molecule has 0 rings (SSSR count). The van der Waals surface area contributed by atoms with E-state index in [1.54, 1.807) is 0 Å². The minimum atomic E-state index is -0.926. The zero-order chi connectivity index (χ0) is 14.5. The summed E-state index contributed by atoms with van der Waals surface area (Å²) < 4.78 is 5.30. The topological polar surface area (TPSA) is 63.6 Å². The van der Waals surface area contributed by atoms with Crippen molar-refractivity contribution in [2.24, 2.45) is 23.7 Å². The maximum absolute atomic E-state index is 12.1. The average Bonchev–Trinajstić information content (AvgIpc) is 2.23. The summed E-state index contributed by atoms with van der Waals surface area (Å²) in [6.07, 6.45) is 0.566. The van der Waals surface area contributed by atoms with Gasteiger partial charge in [-0.2, -0.15) is 0 Å². The van der Waals surface area contributed by atoms with Crippen molar-refractivity contribution in [3.05, 3.63) is 0 Å². The fraction of sp³-hybridized carbons (Fsp3) is 0.857. The second-order valence-electron chi connectivity index (χ2n) is 5.53. The molecule has 18 heavy (non-hydrogen) atoms. The number of hydrogen-bond acceptors (Lipinski definition) is 3. The van der Waals surface area contributed by atoms with E-state index >= 15 is 0 Å². The van der Waals surface area contributed by atoms with Gasteiger partial charge in [-0.1, -0.05) is 34.6 Å². The normalized spacial score (nSPS) is 16.4. The van der Waals surface area contributed by atoms with Gasteiger partial charge < -0.3 is 9.84 Å². The van der Waals surface area contributed by atoms with E-state index < -0.39 is 17.8 Å². The number of ether oxygens (including phenoxy) is 1.